The van der Waals surface area contributed by atoms with Gasteiger partial charge in [0.2, 0.25) is 5.91 Å². The summed E-state index contributed by atoms with van der Waals surface area (Å²) in [4.78, 5) is 22.1. The normalized spacial score (nSPS) is 10.9. The summed E-state index contributed by atoms with van der Waals surface area (Å²) in [6, 6.07) is 5.88. The number of amides is 1. The van der Waals surface area contributed by atoms with Gasteiger partial charge in [0.1, 0.15) is 0 Å². The van der Waals surface area contributed by atoms with Crippen LogP contribution in [0.15, 0.2) is 24.3 Å². The van der Waals surface area contributed by atoms with Crippen LogP contribution in [0.1, 0.15) is 24.2 Å². The summed E-state index contributed by atoms with van der Waals surface area (Å²) >= 11 is 0. The van der Waals surface area contributed by atoms with E-state index in [9.17, 15) is 9.59 Å². The topological polar surface area (TPSA) is 92.4 Å². The first-order valence-electron chi connectivity index (χ1n) is 4.74. The molecule has 1 aromatic rings. The lowest BCUT2D eigenvalue weighted by Gasteiger charge is -2.17. The van der Waals surface area contributed by atoms with Crippen molar-refractivity contribution in [2.45, 2.75) is 19.4 Å². The van der Waals surface area contributed by atoms with Gasteiger partial charge in [-0.1, -0.05) is 0 Å². The van der Waals surface area contributed by atoms with E-state index in [4.69, 9.17) is 10.8 Å². The molecule has 86 valence electrons. The van der Waals surface area contributed by atoms with Gasteiger partial charge in [0.15, 0.2) is 0 Å². The first-order chi connectivity index (χ1) is 7.30. The Morgan fingerprint density at radius 1 is 1.25 bits per heavy atom. The van der Waals surface area contributed by atoms with Crippen LogP contribution in [-0.4, -0.2) is 22.5 Å². The second-order valence-corrected chi connectivity index (χ2v) is 4.06. The van der Waals surface area contributed by atoms with Gasteiger partial charge in [0, 0.05) is 5.69 Å². The van der Waals surface area contributed by atoms with Gasteiger partial charge in [-0.3, -0.25) is 4.79 Å². The van der Waals surface area contributed by atoms with Gasteiger partial charge in [-0.05, 0) is 38.1 Å². The highest BCUT2D eigenvalue weighted by molar-refractivity contribution is 5.97. The number of nitrogens with two attached hydrogens (primary N) is 1. The van der Waals surface area contributed by atoms with Gasteiger partial charge in [-0.2, -0.15) is 0 Å². The second-order valence-electron chi connectivity index (χ2n) is 4.06. The zero-order chi connectivity index (χ0) is 12.3. The average Bonchev–Trinajstić information content (AvgIpc) is 2.17. The molecule has 0 heterocycles. The van der Waals surface area contributed by atoms with Crippen LogP contribution in [0.2, 0.25) is 0 Å². The van der Waals surface area contributed by atoms with Crippen LogP contribution < -0.4 is 11.1 Å². The van der Waals surface area contributed by atoms with Crippen molar-refractivity contribution in [1.82, 2.24) is 0 Å². The number of carboxylic acid groups (broad SMARTS) is 1. The Morgan fingerprint density at radius 3 is 2.12 bits per heavy atom. The van der Waals surface area contributed by atoms with Crippen molar-refractivity contribution in [3.8, 4) is 0 Å². The summed E-state index contributed by atoms with van der Waals surface area (Å²) < 4.78 is 0. The first-order valence-corrected chi connectivity index (χ1v) is 4.74. The minimum atomic E-state index is -1.00. The summed E-state index contributed by atoms with van der Waals surface area (Å²) in [5.41, 5.74) is 5.33. The molecule has 0 aliphatic rings. The Bertz CT molecular complexity index is 404. The Labute approximate surface area is 93.3 Å². The third kappa shape index (κ3) is 3.06. The van der Waals surface area contributed by atoms with Crippen molar-refractivity contribution in [1.29, 1.82) is 0 Å². The highest BCUT2D eigenvalue weighted by Crippen LogP contribution is 2.11. The van der Waals surface area contributed by atoms with E-state index < -0.39 is 11.5 Å². The number of carboxylic acids is 1. The third-order valence-corrected chi connectivity index (χ3v) is 1.97. The summed E-state index contributed by atoms with van der Waals surface area (Å²) in [7, 11) is 0. The third-order valence-electron chi connectivity index (χ3n) is 1.97. The van der Waals surface area contributed by atoms with E-state index in [1.807, 2.05) is 0 Å². The fraction of sp³-hybridized carbons (Fsp3) is 0.273. The molecular weight excluding hydrogens is 208 g/mol. The second kappa shape index (κ2) is 4.32. The van der Waals surface area contributed by atoms with Crippen LogP contribution in [0, 0.1) is 0 Å². The van der Waals surface area contributed by atoms with E-state index >= 15 is 0 Å². The lowest BCUT2D eigenvalue weighted by molar-refractivity contribution is -0.120. The Hall–Kier alpha value is -1.88. The molecule has 1 amide bonds. The maximum atomic E-state index is 11.5. The molecule has 5 heteroatoms. The highest BCUT2D eigenvalue weighted by atomic mass is 16.4. The smallest absolute Gasteiger partial charge is 0.335 e. The monoisotopic (exact) mass is 222 g/mol. The van der Waals surface area contributed by atoms with Gasteiger partial charge in [-0.25, -0.2) is 4.79 Å². The van der Waals surface area contributed by atoms with Crippen LogP contribution in [0.4, 0.5) is 5.69 Å². The van der Waals surface area contributed by atoms with Gasteiger partial charge in [0.25, 0.3) is 0 Å². The molecule has 0 atom stereocenters. The van der Waals surface area contributed by atoms with Crippen molar-refractivity contribution >= 4 is 17.6 Å². The maximum absolute atomic E-state index is 11.5. The quantitative estimate of drug-likeness (QED) is 0.713. The summed E-state index contributed by atoms with van der Waals surface area (Å²) in [6.07, 6.45) is 0. The van der Waals surface area contributed by atoms with Crippen molar-refractivity contribution in [2.24, 2.45) is 5.73 Å². The molecule has 0 aromatic heterocycles. The molecule has 0 saturated carbocycles. The first kappa shape index (κ1) is 12.2. The average molecular weight is 222 g/mol. The standard InChI is InChI=1S/C11H14N2O3/c1-11(2,12)10(16)13-8-5-3-7(4-6-8)9(14)15/h3-6H,12H2,1-2H3,(H,13,16)(H,14,15). The molecule has 0 aliphatic heterocycles. The number of anilines is 1. The molecule has 0 aliphatic carbocycles. The molecular formula is C11H14N2O3. The van der Waals surface area contributed by atoms with Gasteiger partial charge in [0.05, 0.1) is 11.1 Å². The number of rotatable bonds is 3. The van der Waals surface area contributed by atoms with Gasteiger partial charge >= 0.3 is 5.97 Å². The number of aromatic carboxylic acids is 1. The van der Waals surface area contributed by atoms with E-state index in [0.29, 0.717) is 5.69 Å². The SMILES string of the molecule is CC(C)(N)C(=O)Nc1ccc(C(=O)O)cc1. The molecule has 0 fully saturated rings. The number of hydrogen-bond acceptors (Lipinski definition) is 3. The van der Waals surface area contributed by atoms with Crippen molar-refractivity contribution in [3.05, 3.63) is 29.8 Å². The van der Waals surface area contributed by atoms with E-state index in [1.165, 1.54) is 24.3 Å². The molecule has 4 N–H and O–H groups in total. The van der Waals surface area contributed by atoms with Crippen LogP contribution in [0.3, 0.4) is 0 Å². The molecule has 5 nitrogen and oxygen atoms in total. The predicted octanol–water partition coefficient (Wildman–Crippen LogP) is 1.06. The Balaban J connectivity index is 2.77. The molecule has 0 spiro atoms. The van der Waals surface area contributed by atoms with Crippen molar-refractivity contribution < 1.29 is 14.7 Å². The number of benzene rings is 1. The molecule has 0 radical (unpaired) electrons. The molecule has 16 heavy (non-hydrogen) atoms. The molecule has 0 bridgehead atoms. The molecule has 1 aromatic carbocycles. The van der Waals surface area contributed by atoms with Crippen molar-refractivity contribution in [3.63, 3.8) is 0 Å². The lowest BCUT2D eigenvalue weighted by Crippen LogP contribution is -2.45. The van der Waals surface area contributed by atoms with E-state index in [-0.39, 0.29) is 11.5 Å². The van der Waals surface area contributed by atoms with Crippen molar-refractivity contribution in [2.75, 3.05) is 5.32 Å². The minimum Gasteiger partial charge on any atom is -0.478 e. The molecule has 0 unspecified atom stereocenters. The van der Waals surface area contributed by atoms with Crippen LogP contribution in [0.5, 0.6) is 0 Å². The maximum Gasteiger partial charge on any atom is 0.335 e. The van der Waals surface area contributed by atoms with Crippen LogP contribution >= 0.6 is 0 Å². The van der Waals surface area contributed by atoms with Gasteiger partial charge in [-0.15, -0.1) is 0 Å². The van der Waals surface area contributed by atoms with Gasteiger partial charge < -0.3 is 16.2 Å². The number of carbonyl (C=O) groups is 2. The number of carbonyl (C=O) groups excluding carboxylic acids is 1. The minimum absolute atomic E-state index is 0.171. The van der Waals surface area contributed by atoms with Crippen LogP contribution in [0.25, 0.3) is 0 Å². The fourth-order valence-electron chi connectivity index (χ4n) is 0.988. The number of hydrogen-bond donors (Lipinski definition) is 3. The fourth-order valence-corrected chi connectivity index (χ4v) is 0.988. The summed E-state index contributed by atoms with van der Waals surface area (Å²) in [5.74, 6) is -1.33. The highest BCUT2D eigenvalue weighted by Gasteiger charge is 2.21. The van der Waals surface area contributed by atoms with E-state index in [1.54, 1.807) is 13.8 Å². The Morgan fingerprint density at radius 2 is 1.75 bits per heavy atom. The van der Waals surface area contributed by atoms with E-state index in [2.05, 4.69) is 5.32 Å². The zero-order valence-electron chi connectivity index (χ0n) is 9.15. The predicted molar refractivity (Wildman–Crippen MR) is 60.3 cm³/mol. The molecule has 1 rings (SSSR count). The van der Waals surface area contributed by atoms with Crippen LogP contribution in [-0.2, 0) is 4.79 Å². The summed E-state index contributed by atoms with van der Waals surface area (Å²) in [5, 5.41) is 11.3. The van der Waals surface area contributed by atoms with E-state index in [0.717, 1.165) is 0 Å². The lowest BCUT2D eigenvalue weighted by atomic mass is 10.1. The largest absolute Gasteiger partial charge is 0.478 e. The Kier molecular flexibility index (Phi) is 3.29. The summed E-state index contributed by atoms with van der Waals surface area (Å²) in [6.45, 7) is 3.18. The molecule has 0 saturated heterocycles. The number of nitrogens with one attached hydrogen (secondary N) is 1. The zero-order valence-corrected chi connectivity index (χ0v) is 9.15.